The molecule has 0 radical (unpaired) electrons. The maximum Gasteiger partial charge on any atom is 0.328 e. The molecule has 0 spiro atoms. The highest BCUT2D eigenvalue weighted by molar-refractivity contribution is 6.30. The lowest BCUT2D eigenvalue weighted by atomic mass is 9.82. The van der Waals surface area contributed by atoms with Crippen LogP contribution in [0.2, 0.25) is 0 Å². The molecule has 0 heterocycles. The Morgan fingerprint density at radius 2 is 1.67 bits per heavy atom. The largest absolute Gasteiger partial charge is 0.507 e. The second kappa shape index (κ2) is 6.56. The van der Waals surface area contributed by atoms with Gasteiger partial charge in [0.25, 0.3) is 5.91 Å². The molecule has 1 aliphatic rings. The monoisotopic (exact) mass is 369 g/mol. The predicted octanol–water partition coefficient (Wildman–Crippen LogP) is 1.16. The molecule has 8 nitrogen and oxygen atoms in total. The van der Waals surface area contributed by atoms with E-state index in [1.165, 1.54) is 38.3 Å². The lowest BCUT2D eigenvalue weighted by Gasteiger charge is -2.20. The third kappa shape index (κ3) is 2.91. The molecular weight excluding hydrogens is 354 g/mol. The Bertz CT molecular complexity index is 1010. The summed E-state index contributed by atoms with van der Waals surface area (Å²) in [5.74, 6) is -3.67. The van der Waals surface area contributed by atoms with Crippen LogP contribution in [-0.4, -0.2) is 46.8 Å². The van der Waals surface area contributed by atoms with E-state index in [2.05, 4.69) is 10.1 Å². The number of ketones is 2. The van der Waals surface area contributed by atoms with Crippen molar-refractivity contribution in [2.45, 2.75) is 13.0 Å². The highest BCUT2D eigenvalue weighted by Crippen LogP contribution is 2.37. The number of ether oxygens (including phenoxy) is 1. The number of methoxy groups -OCH3 is 1. The molecule has 2 aromatic carbocycles. The van der Waals surface area contributed by atoms with Gasteiger partial charge in [0.2, 0.25) is 5.78 Å². The van der Waals surface area contributed by atoms with Crippen LogP contribution in [0.5, 0.6) is 11.5 Å². The zero-order chi connectivity index (χ0) is 19.9. The first-order valence-electron chi connectivity index (χ1n) is 7.93. The van der Waals surface area contributed by atoms with E-state index in [0.29, 0.717) is 0 Å². The number of nitrogens with one attached hydrogen (secondary N) is 1. The van der Waals surface area contributed by atoms with E-state index in [4.69, 9.17) is 0 Å². The summed E-state index contributed by atoms with van der Waals surface area (Å²) in [5.41, 5.74) is -0.763. The van der Waals surface area contributed by atoms with E-state index < -0.39 is 35.2 Å². The van der Waals surface area contributed by atoms with Gasteiger partial charge < -0.3 is 20.3 Å². The number of carbonyl (C=O) groups excluding carboxylic acids is 4. The van der Waals surface area contributed by atoms with Gasteiger partial charge in [-0.05, 0) is 25.1 Å². The first-order valence-corrected chi connectivity index (χ1v) is 7.93. The fourth-order valence-electron chi connectivity index (χ4n) is 2.93. The van der Waals surface area contributed by atoms with Crippen LogP contribution in [0.1, 0.15) is 49.1 Å². The lowest BCUT2D eigenvalue weighted by Crippen LogP contribution is -2.39. The molecule has 0 saturated carbocycles. The van der Waals surface area contributed by atoms with Crippen LogP contribution < -0.4 is 5.32 Å². The average molecular weight is 369 g/mol. The molecule has 3 rings (SSSR count). The van der Waals surface area contributed by atoms with Gasteiger partial charge >= 0.3 is 5.97 Å². The summed E-state index contributed by atoms with van der Waals surface area (Å²) in [6.07, 6.45) is 0. The Morgan fingerprint density at radius 3 is 2.33 bits per heavy atom. The lowest BCUT2D eigenvalue weighted by molar-refractivity contribution is -0.142. The van der Waals surface area contributed by atoms with Crippen molar-refractivity contribution in [1.29, 1.82) is 0 Å². The van der Waals surface area contributed by atoms with Crippen LogP contribution in [-0.2, 0) is 9.53 Å². The minimum atomic E-state index is -0.948. The van der Waals surface area contributed by atoms with E-state index in [0.717, 1.165) is 6.07 Å². The smallest absolute Gasteiger partial charge is 0.328 e. The molecule has 0 saturated heterocycles. The number of phenolic OH excluding ortho intramolecular Hbond substituents is 2. The summed E-state index contributed by atoms with van der Waals surface area (Å²) in [6, 6.07) is 5.30. The van der Waals surface area contributed by atoms with E-state index in [1.54, 1.807) is 0 Å². The Balaban J connectivity index is 2.05. The van der Waals surface area contributed by atoms with Crippen molar-refractivity contribution in [1.82, 2.24) is 5.32 Å². The molecule has 0 bridgehead atoms. The molecule has 1 amide bonds. The number of esters is 1. The zero-order valence-electron chi connectivity index (χ0n) is 14.4. The van der Waals surface area contributed by atoms with Gasteiger partial charge in [0, 0.05) is 16.7 Å². The van der Waals surface area contributed by atoms with Gasteiger partial charge in [-0.3, -0.25) is 14.4 Å². The molecule has 8 heteroatoms. The topological polar surface area (TPSA) is 130 Å². The van der Waals surface area contributed by atoms with Crippen molar-refractivity contribution in [2.75, 3.05) is 7.11 Å². The minimum absolute atomic E-state index is 0.0209. The summed E-state index contributed by atoms with van der Waals surface area (Å²) >= 11 is 0. The third-order valence-corrected chi connectivity index (χ3v) is 4.27. The molecule has 0 fully saturated rings. The van der Waals surface area contributed by atoms with Gasteiger partial charge in [-0.15, -0.1) is 0 Å². The zero-order valence-corrected chi connectivity index (χ0v) is 14.4. The molecule has 0 aliphatic heterocycles. The number of hydrogen-bond acceptors (Lipinski definition) is 7. The maximum atomic E-state index is 12.7. The Morgan fingerprint density at radius 1 is 1.00 bits per heavy atom. The van der Waals surface area contributed by atoms with Crippen LogP contribution in [0, 0.1) is 0 Å². The van der Waals surface area contributed by atoms with Crippen LogP contribution in [0.25, 0.3) is 0 Å². The minimum Gasteiger partial charge on any atom is -0.507 e. The van der Waals surface area contributed by atoms with Gasteiger partial charge in [-0.25, -0.2) is 4.79 Å². The fourth-order valence-corrected chi connectivity index (χ4v) is 2.93. The first kappa shape index (κ1) is 18.1. The van der Waals surface area contributed by atoms with Gasteiger partial charge in [0.15, 0.2) is 5.78 Å². The summed E-state index contributed by atoms with van der Waals surface area (Å²) in [5, 5.41) is 22.5. The Labute approximate surface area is 153 Å². The molecule has 2 aromatic rings. The number of rotatable bonds is 3. The molecule has 1 unspecified atom stereocenters. The van der Waals surface area contributed by atoms with Crippen molar-refractivity contribution in [2.24, 2.45) is 0 Å². The number of benzene rings is 2. The van der Waals surface area contributed by atoms with Crippen molar-refractivity contribution in [3.63, 3.8) is 0 Å². The van der Waals surface area contributed by atoms with Crippen molar-refractivity contribution in [3.05, 3.63) is 58.1 Å². The second-order valence-electron chi connectivity index (χ2n) is 5.99. The van der Waals surface area contributed by atoms with Crippen LogP contribution in [0.15, 0.2) is 30.3 Å². The van der Waals surface area contributed by atoms with Crippen LogP contribution in [0.4, 0.5) is 0 Å². The summed E-state index contributed by atoms with van der Waals surface area (Å²) in [7, 11) is 1.17. The number of amides is 1. The average Bonchev–Trinajstić information content (AvgIpc) is 2.64. The second-order valence-corrected chi connectivity index (χ2v) is 5.99. The number of aromatic hydroxyl groups is 2. The molecule has 27 heavy (non-hydrogen) atoms. The molecule has 1 aliphatic carbocycles. The van der Waals surface area contributed by atoms with Crippen molar-refractivity contribution in [3.8, 4) is 11.5 Å². The molecule has 138 valence electrons. The quantitative estimate of drug-likeness (QED) is 0.591. The molecule has 3 N–H and O–H groups in total. The highest BCUT2D eigenvalue weighted by atomic mass is 16.5. The van der Waals surface area contributed by atoms with Gasteiger partial charge in [0.05, 0.1) is 18.2 Å². The van der Waals surface area contributed by atoms with Gasteiger partial charge in [0.1, 0.15) is 17.5 Å². The van der Waals surface area contributed by atoms with E-state index in [9.17, 15) is 29.4 Å². The first-order chi connectivity index (χ1) is 12.8. The maximum absolute atomic E-state index is 12.7. The number of carbonyl (C=O) groups is 4. The highest BCUT2D eigenvalue weighted by Gasteiger charge is 2.35. The summed E-state index contributed by atoms with van der Waals surface area (Å²) < 4.78 is 4.52. The standard InChI is InChI=1S/C19H15NO7/c1-8(19(26)27-2)20-18(25)9-6-11-15(13(22)7-9)17(24)14-10(16(11)23)4-3-5-12(14)21/h3-8,21-22H,1-2H3,(H,20,25). The molecular formula is C19H15NO7. The SMILES string of the molecule is COC(=O)C(C)NC(=O)c1cc(O)c2c(c1)C(=O)c1cccc(O)c1C2=O. The molecule has 1 atom stereocenters. The normalized spacial score (nSPS) is 13.4. The number of phenols is 2. The number of fused-ring (bicyclic) bond motifs is 2. The fraction of sp³-hybridized carbons (Fsp3) is 0.158. The van der Waals surface area contributed by atoms with Gasteiger partial charge in [-0.1, -0.05) is 12.1 Å². The number of hydrogen-bond donors (Lipinski definition) is 3. The van der Waals surface area contributed by atoms with Crippen LogP contribution >= 0.6 is 0 Å². The van der Waals surface area contributed by atoms with E-state index >= 15 is 0 Å². The third-order valence-electron chi connectivity index (χ3n) is 4.27. The van der Waals surface area contributed by atoms with E-state index in [-0.39, 0.29) is 33.6 Å². The summed E-state index contributed by atoms with van der Waals surface area (Å²) in [4.78, 5) is 49.1. The Kier molecular flexibility index (Phi) is 4.40. The van der Waals surface area contributed by atoms with E-state index in [1.807, 2.05) is 0 Å². The Hall–Kier alpha value is -3.68. The van der Waals surface area contributed by atoms with Gasteiger partial charge in [-0.2, -0.15) is 0 Å². The predicted molar refractivity (Wildman–Crippen MR) is 92.0 cm³/mol. The molecule has 0 aromatic heterocycles. The van der Waals surface area contributed by atoms with Crippen molar-refractivity contribution < 1.29 is 34.1 Å². The van der Waals surface area contributed by atoms with Crippen LogP contribution in [0.3, 0.4) is 0 Å². The summed E-state index contributed by atoms with van der Waals surface area (Å²) in [6.45, 7) is 1.41. The van der Waals surface area contributed by atoms with Crippen molar-refractivity contribution >= 4 is 23.4 Å².